The van der Waals surface area contributed by atoms with Gasteiger partial charge < -0.3 is 4.42 Å². The molecule has 0 bridgehead atoms. The number of benzene rings is 3. The minimum absolute atomic E-state index is 0.286. The number of hydrogen-bond donors (Lipinski definition) is 0. The van der Waals surface area contributed by atoms with Crippen LogP contribution < -0.4 is 0 Å². The molecule has 0 N–H and O–H groups in total. The highest BCUT2D eigenvalue weighted by atomic mass is 79.9. The lowest BCUT2D eigenvalue weighted by Crippen LogP contribution is -1.83. The fourth-order valence-corrected chi connectivity index (χ4v) is 3.52. The maximum atomic E-state index is 9.91. The Morgan fingerprint density at radius 3 is 2.00 bits per heavy atom. The van der Waals surface area contributed by atoms with Gasteiger partial charge in [-0.15, -0.1) is 0 Å². The molecule has 0 saturated carbocycles. The molecule has 4 aromatic rings. The number of allylic oxidation sites excluding steroid dienone is 1. The number of rotatable bonds is 5. The van der Waals surface area contributed by atoms with E-state index in [9.17, 15) is 5.26 Å². The molecule has 144 valence electrons. The van der Waals surface area contributed by atoms with Crippen molar-refractivity contribution in [3.05, 3.63) is 107 Å². The van der Waals surface area contributed by atoms with E-state index in [1.807, 2.05) is 97.1 Å². The molecule has 0 radical (unpaired) electrons. The van der Waals surface area contributed by atoms with E-state index in [2.05, 4.69) is 27.0 Å². The van der Waals surface area contributed by atoms with E-state index in [1.54, 1.807) is 6.21 Å². The Morgan fingerprint density at radius 2 is 1.40 bits per heavy atom. The zero-order valence-corrected chi connectivity index (χ0v) is 17.6. The molecule has 0 atom stereocenters. The second-order valence-electron chi connectivity index (χ2n) is 6.53. The number of furan rings is 1. The van der Waals surface area contributed by atoms with E-state index in [1.165, 1.54) is 0 Å². The van der Waals surface area contributed by atoms with E-state index < -0.39 is 0 Å². The molecule has 4 rings (SSSR count). The van der Waals surface area contributed by atoms with Gasteiger partial charge in [-0.3, -0.25) is 0 Å². The van der Waals surface area contributed by atoms with Gasteiger partial charge in [0.25, 0.3) is 0 Å². The van der Waals surface area contributed by atoms with Crippen LogP contribution in [-0.4, -0.2) is 6.21 Å². The molecule has 0 aliphatic heterocycles. The van der Waals surface area contributed by atoms with Gasteiger partial charge in [-0.05, 0) is 33.1 Å². The Morgan fingerprint density at radius 1 is 0.833 bits per heavy atom. The Hall–Kier alpha value is -3.68. The minimum atomic E-state index is 0.286. The van der Waals surface area contributed by atoms with Crippen molar-refractivity contribution in [1.82, 2.24) is 0 Å². The zero-order chi connectivity index (χ0) is 20.8. The Balaban J connectivity index is 1.80. The predicted octanol–water partition coefficient (Wildman–Crippen LogP) is 7.62. The summed E-state index contributed by atoms with van der Waals surface area (Å²) in [5, 5.41) is 9.91. The van der Waals surface area contributed by atoms with E-state index >= 15 is 0 Å². The number of halogens is 1. The van der Waals surface area contributed by atoms with Crippen molar-refractivity contribution in [2.24, 2.45) is 4.99 Å². The van der Waals surface area contributed by atoms with Gasteiger partial charge in [0.1, 0.15) is 17.4 Å². The SMILES string of the molecule is N#Cc1c(/N=C/C(Br)=C/c2ccccc2)oc(-c2ccccc2)c1-c1ccccc1. The molecule has 4 heteroatoms. The fourth-order valence-electron chi connectivity index (χ4n) is 3.15. The van der Waals surface area contributed by atoms with E-state index in [0.717, 1.165) is 26.7 Å². The standard InChI is InChI=1S/C26H17BrN2O/c27-22(16-19-10-4-1-5-11-19)18-29-26-23(17-28)24(20-12-6-2-7-13-20)25(30-26)21-14-8-3-9-15-21/h1-16,18H/b22-16-,29-18+. The number of nitriles is 1. The third kappa shape index (κ3) is 4.32. The average Bonchev–Trinajstić information content (AvgIpc) is 3.18. The van der Waals surface area contributed by atoms with Gasteiger partial charge in [-0.25, -0.2) is 4.99 Å². The van der Waals surface area contributed by atoms with Gasteiger partial charge in [0.2, 0.25) is 5.88 Å². The van der Waals surface area contributed by atoms with Crippen molar-refractivity contribution >= 4 is 34.1 Å². The Labute approximate surface area is 183 Å². The predicted molar refractivity (Wildman–Crippen MR) is 126 cm³/mol. The molecule has 0 saturated heterocycles. The van der Waals surface area contributed by atoms with Crippen LogP contribution in [0.25, 0.3) is 28.5 Å². The summed E-state index contributed by atoms with van der Waals surface area (Å²) in [6, 6.07) is 31.8. The van der Waals surface area contributed by atoms with Gasteiger partial charge in [-0.1, -0.05) is 91.0 Å². The zero-order valence-electron chi connectivity index (χ0n) is 16.0. The van der Waals surface area contributed by atoms with Crippen LogP contribution in [0.5, 0.6) is 0 Å². The molecular formula is C26H17BrN2O. The maximum Gasteiger partial charge on any atom is 0.238 e. The van der Waals surface area contributed by atoms with Crippen LogP contribution >= 0.6 is 15.9 Å². The summed E-state index contributed by atoms with van der Waals surface area (Å²) < 4.78 is 6.88. The highest BCUT2D eigenvalue weighted by molar-refractivity contribution is 9.12. The van der Waals surface area contributed by atoms with Crippen LogP contribution in [0, 0.1) is 11.3 Å². The van der Waals surface area contributed by atoms with E-state index in [4.69, 9.17) is 4.42 Å². The highest BCUT2D eigenvalue weighted by Crippen LogP contribution is 2.42. The fraction of sp³-hybridized carbons (Fsp3) is 0. The molecule has 3 aromatic carbocycles. The van der Waals surface area contributed by atoms with Crippen LogP contribution in [0.1, 0.15) is 11.1 Å². The monoisotopic (exact) mass is 452 g/mol. The first-order chi connectivity index (χ1) is 14.8. The minimum Gasteiger partial charge on any atom is -0.436 e. The quantitative estimate of drug-likeness (QED) is 0.292. The van der Waals surface area contributed by atoms with Crippen molar-refractivity contribution in [3.63, 3.8) is 0 Å². The maximum absolute atomic E-state index is 9.91. The van der Waals surface area contributed by atoms with Crippen LogP contribution in [-0.2, 0) is 0 Å². The molecule has 0 fully saturated rings. The summed E-state index contributed by atoms with van der Waals surface area (Å²) in [6.45, 7) is 0. The third-order valence-corrected chi connectivity index (χ3v) is 4.94. The molecule has 0 aliphatic rings. The normalized spacial score (nSPS) is 11.5. The second kappa shape index (κ2) is 9.21. The molecule has 30 heavy (non-hydrogen) atoms. The second-order valence-corrected chi connectivity index (χ2v) is 7.44. The van der Waals surface area contributed by atoms with Crippen LogP contribution in [0.3, 0.4) is 0 Å². The molecule has 0 spiro atoms. The van der Waals surface area contributed by atoms with Crippen molar-refractivity contribution < 1.29 is 4.42 Å². The first-order valence-corrected chi connectivity index (χ1v) is 10.2. The largest absolute Gasteiger partial charge is 0.436 e. The topological polar surface area (TPSA) is 49.3 Å². The van der Waals surface area contributed by atoms with Gasteiger partial charge in [0, 0.05) is 21.8 Å². The number of aliphatic imine (C=N–C) groups is 1. The molecule has 0 amide bonds. The van der Waals surface area contributed by atoms with Crippen molar-refractivity contribution in [1.29, 1.82) is 5.26 Å². The lowest BCUT2D eigenvalue weighted by atomic mass is 9.98. The molecule has 1 aromatic heterocycles. The summed E-state index contributed by atoms with van der Waals surface area (Å²) in [4.78, 5) is 4.48. The smallest absolute Gasteiger partial charge is 0.238 e. The van der Waals surface area contributed by atoms with Crippen LogP contribution in [0.15, 0.2) is 105 Å². The number of nitrogens with zero attached hydrogens (tertiary/aromatic N) is 2. The molecule has 1 heterocycles. The number of hydrogen-bond acceptors (Lipinski definition) is 3. The first kappa shape index (κ1) is 19.6. The van der Waals surface area contributed by atoms with Crippen molar-refractivity contribution in [2.45, 2.75) is 0 Å². The summed E-state index contributed by atoms with van der Waals surface area (Å²) in [6.07, 6.45) is 3.60. The molecular weight excluding hydrogens is 436 g/mol. The Bertz CT molecular complexity index is 1230. The summed E-state index contributed by atoms with van der Waals surface area (Å²) >= 11 is 3.52. The summed E-state index contributed by atoms with van der Waals surface area (Å²) in [5.74, 6) is 0.919. The van der Waals surface area contributed by atoms with Gasteiger partial charge >= 0.3 is 0 Å². The van der Waals surface area contributed by atoms with Crippen molar-refractivity contribution in [2.75, 3.05) is 0 Å². The lowest BCUT2D eigenvalue weighted by Gasteiger charge is -2.03. The van der Waals surface area contributed by atoms with E-state index in [0.29, 0.717) is 11.3 Å². The molecule has 0 unspecified atom stereocenters. The van der Waals surface area contributed by atoms with Gasteiger partial charge in [-0.2, -0.15) is 5.26 Å². The lowest BCUT2D eigenvalue weighted by molar-refractivity contribution is 0.593. The van der Waals surface area contributed by atoms with Crippen LogP contribution in [0.4, 0.5) is 5.88 Å². The highest BCUT2D eigenvalue weighted by Gasteiger charge is 2.22. The first-order valence-electron chi connectivity index (χ1n) is 9.40. The van der Waals surface area contributed by atoms with Gasteiger partial charge in [0.15, 0.2) is 0 Å². The van der Waals surface area contributed by atoms with E-state index in [-0.39, 0.29) is 5.88 Å². The molecule has 3 nitrogen and oxygen atoms in total. The summed E-state index contributed by atoms with van der Waals surface area (Å²) in [5.41, 5.74) is 4.02. The molecule has 0 aliphatic carbocycles. The van der Waals surface area contributed by atoms with Crippen molar-refractivity contribution in [3.8, 4) is 28.5 Å². The van der Waals surface area contributed by atoms with Gasteiger partial charge in [0.05, 0.1) is 0 Å². The third-order valence-electron chi connectivity index (χ3n) is 4.51. The van der Waals surface area contributed by atoms with Crippen LogP contribution in [0.2, 0.25) is 0 Å². The Kier molecular flexibility index (Phi) is 6.03. The summed E-state index contributed by atoms with van der Waals surface area (Å²) in [7, 11) is 0. The average molecular weight is 453 g/mol.